The van der Waals surface area contributed by atoms with Gasteiger partial charge in [-0.15, -0.1) is 0 Å². The van der Waals surface area contributed by atoms with E-state index in [1.165, 1.54) is 11.1 Å². The molecule has 6 heteroatoms. The molecule has 2 unspecified atom stereocenters. The first kappa shape index (κ1) is 17.8. The van der Waals surface area contributed by atoms with Crippen molar-refractivity contribution in [1.29, 1.82) is 0 Å². The Morgan fingerprint density at radius 2 is 1.33 bits per heavy atom. The van der Waals surface area contributed by atoms with E-state index in [9.17, 15) is 0 Å². The molecule has 2 saturated heterocycles. The molecule has 1 aromatic carbocycles. The van der Waals surface area contributed by atoms with E-state index in [4.69, 9.17) is 18.9 Å². The predicted octanol–water partition coefficient (Wildman–Crippen LogP) is 0.697. The van der Waals surface area contributed by atoms with Crippen molar-refractivity contribution >= 4 is 0 Å². The maximum absolute atomic E-state index is 5.84. The van der Waals surface area contributed by atoms with E-state index in [-0.39, 0.29) is 12.2 Å². The zero-order valence-electron chi connectivity index (χ0n) is 14.2. The molecular formula is C18H28N2O4. The summed E-state index contributed by atoms with van der Waals surface area (Å²) in [6.07, 6.45) is 0.302. The van der Waals surface area contributed by atoms with E-state index in [0.29, 0.717) is 26.4 Å². The van der Waals surface area contributed by atoms with Gasteiger partial charge in [0, 0.05) is 26.2 Å². The van der Waals surface area contributed by atoms with Crippen LogP contribution in [0.3, 0.4) is 0 Å². The van der Waals surface area contributed by atoms with E-state index in [0.717, 1.165) is 39.4 Å². The summed E-state index contributed by atoms with van der Waals surface area (Å²) >= 11 is 0. The Morgan fingerprint density at radius 1 is 0.833 bits per heavy atom. The maximum Gasteiger partial charge on any atom is 0.0933 e. The lowest BCUT2D eigenvalue weighted by Gasteiger charge is -2.24. The van der Waals surface area contributed by atoms with Gasteiger partial charge in [0.1, 0.15) is 0 Å². The summed E-state index contributed by atoms with van der Waals surface area (Å²) in [6, 6.07) is 8.26. The van der Waals surface area contributed by atoms with Crippen LogP contribution < -0.4 is 10.6 Å². The van der Waals surface area contributed by atoms with Crippen molar-refractivity contribution in [1.82, 2.24) is 10.6 Å². The summed E-state index contributed by atoms with van der Waals surface area (Å²) in [5.74, 6) is 0. The highest BCUT2D eigenvalue weighted by Gasteiger charge is 2.15. The first-order valence-corrected chi connectivity index (χ1v) is 8.79. The van der Waals surface area contributed by atoms with Crippen molar-refractivity contribution < 1.29 is 18.9 Å². The Kier molecular flexibility index (Phi) is 7.47. The SMILES string of the molecule is c1ccc(COCC2CNCCO2)c(COCC2CNCCO2)c1. The van der Waals surface area contributed by atoms with Crippen molar-refractivity contribution in [3.63, 3.8) is 0 Å². The molecule has 2 aliphatic rings. The number of hydrogen-bond donors (Lipinski definition) is 2. The molecule has 2 fully saturated rings. The molecule has 2 heterocycles. The standard InChI is InChI=1S/C18H28N2O4/c1-2-4-16(12-22-14-18-10-20-6-8-24-18)15(3-1)11-21-13-17-9-19-5-7-23-17/h1-4,17-20H,5-14H2. The quantitative estimate of drug-likeness (QED) is 0.729. The minimum atomic E-state index is 0.151. The minimum absolute atomic E-state index is 0.151. The molecule has 1 aromatic rings. The molecular weight excluding hydrogens is 308 g/mol. The van der Waals surface area contributed by atoms with Crippen LogP contribution in [0.2, 0.25) is 0 Å². The second kappa shape index (κ2) is 10.1. The van der Waals surface area contributed by atoms with Crippen LogP contribution in [0.15, 0.2) is 24.3 Å². The molecule has 134 valence electrons. The third-order valence-corrected chi connectivity index (χ3v) is 4.25. The summed E-state index contributed by atoms with van der Waals surface area (Å²) < 4.78 is 23.0. The molecule has 2 N–H and O–H groups in total. The Morgan fingerprint density at radius 3 is 1.75 bits per heavy atom. The number of morpholine rings is 2. The molecule has 0 saturated carbocycles. The summed E-state index contributed by atoms with van der Waals surface area (Å²) in [5, 5.41) is 6.62. The topological polar surface area (TPSA) is 61.0 Å². The van der Waals surface area contributed by atoms with Gasteiger partial charge in [-0.3, -0.25) is 0 Å². The van der Waals surface area contributed by atoms with Gasteiger partial charge in [-0.2, -0.15) is 0 Å². The number of rotatable bonds is 8. The lowest BCUT2D eigenvalue weighted by atomic mass is 10.1. The number of nitrogens with one attached hydrogen (secondary N) is 2. The average Bonchev–Trinajstić information content (AvgIpc) is 2.65. The number of benzene rings is 1. The zero-order chi connectivity index (χ0) is 16.5. The van der Waals surface area contributed by atoms with Crippen LogP contribution in [0.25, 0.3) is 0 Å². The van der Waals surface area contributed by atoms with Gasteiger partial charge in [0.2, 0.25) is 0 Å². The van der Waals surface area contributed by atoms with E-state index in [1.807, 2.05) is 12.1 Å². The third kappa shape index (κ3) is 5.81. The average molecular weight is 336 g/mol. The van der Waals surface area contributed by atoms with Crippen molar-refractivity contribution in [3.8, 4) is 0 Å². The van der Waals surface area contributed by atoms with Gasteiger partial charge in [0.25, 0.3) is 0 Å². The van der Waals surface area contributed by atoms with Crippen LogP contribution >= 0.6 is 0 Å². The van der Waals surface area contributed by atoms with Crippen molar-refractivity contribution in [3.05, 3.63) is 35.4 Å². The fourth-order valence-electron chi connectivity index (χ4n) is 2.89. The van der Waals surface area contributed by atoms with E-state index in [2.05, 4.69) is 22.8 Å². The van der Waals surface area contributed by atoms with Gasteiger partial charge in [-0.1, -0.05) is 24.3 Å². The van der Waals surface area contributed by atoms with Crippen molar-refractivity contribution in [2.45, 2.75) is 25.4 Å². The lowest BCUT2D eigenvalue weighted by Crippen LogP contribution is -2.41. The van der Waals surface area contributed by atoms with E-state index >= 15 is 0 Å². The van der Waals surface area contributed by atoms with Gasteiger partial charge in [-0.25, -0.2) is 0 Å². The smallest absolute Gasteiger partial charge is 0.0933 e. The summed E-state index contributed by atoms with van der Waals surface area (Å²) in [4.78, 5) is 0. The van der Waals surface area contributed by atoms with Crippen molar-refractivity contribution in [2.75, 3.05) is 52.6 Å². The Labute approximate surface area is 143 Å². The maximum atomic E-state index is 5.84. The second-order valence-electron chi connectivity index (χ2n) is 6.19. The summed E-state index contributed by atoms with van der Waals surface area (Å²) in [7, 11) is 0. The fourth-order valence-corrected chi connectivity index (χ4v) is 2.89. The first-order valence-electron chi connectivity index (χ1n) is 8.79. The third-order valence-electron chi connectivity index (χ3n) is 4.25. The lowest BCUT2D eigenvalue weighted by molar-refractivity contribution is -0.0392. The first-order chi connectivity index (χ1) is 11.9. The highest BCUT2D eigenvalue weighted by Crippen LogP contribution is 2.13. The number of ether oxygens (including phenoxy) is 4. The molecule has 2 aliphatic heterocycles. The van der Waals surface area contributed by atoms with Crippen LogP contribution in [0, 0.1) is 0 Å². The van der Waals surface area contributed by atoms with Crippen LogP contribution in [-0.4, -0.2) is 64.8 Å². The van der Waals surface area contributed by atoms with Gasteiger partial charge in [0.15, 0.2) is 0 Å². The van der Waals surface area contributed by atoms with Gasteiger partial charge in [-0.05, 0) is 11.1 Å². The van der Waals surface area contributed by atoms with Gasteiger partial charge in [0.05, 0.1) is 51.8 Å². The zero-order valence-corrected chi connectivity index (χ0v) is 14.2. The largest absolute Gasteiger partial charge is 0.374 e. The molecule has 0 spiro atoms. The molecule has 3 rings (SSSR count). The second-order valence-corrected chi connectivity index (χ2v) is 6.19. The van der Waals surface area contributed by atoms with Gasteiger partial charge < -0.3 is 29.6 Å². The van der Waals surface area contributed by atoms with Crippen LogP contribution in [0.5, 0.6) is 0 Å². The van der Waals surface area contributed by atoms with Crippen LogP contribution in [0.1, 0.15) is 11.1 Å². The van der Waals surface area contributed by atoms with Crippen LogP contribution in [-0.2, 0) is 32.2 Å². The highest BCUT2D eigenvalue weighted by molar-refractivity contribution is 5.25. The number of hydrogen-bond acceptors (Lipinski definition) is 6. The Bertz CT molecular complexity index is 431. The Balaban J connectivity index is 1.40. The monoisotopic (exact) mass is 336 g/mol. The Hall–Kier alpha value is -1.02. The highest BCUT2D eigenvalue weighted by atomic mass is 16.5. The normalized spacial score (nSPS) is 24.8. The fraction of sp³-hybridized carbons (Fsp3) is 0.667. The molecule has 0 aliphatic carbocycles. The molecule has 24 heavy (non-hydrogen) atoms. The molecule has 6 nitrogen and oxygen atoms in total. The van der Waals surface area contributed by atoms with Gasteiger partial charge >= 0.3 is 0 Å². The summed E-state index contributed by atoms with van der Waals surface area (Å²) in [5.41, 5.74) is 2.34. The van der Waals surface area contributed by atoms with E-state index in [1.54, 1.807) is 0 Å². The molecule has 0 bridgehead atoms. The van der Waals surface area contributed by atoms with E-state index < -0.39 is 0 Å². The minimum Gasteiger partial charge on any atom is -0.374 e. The molecule has 0 aromatic heterocycles. The summed E-state index contributed by atoms with van der Waals surface area (Å²) in [6.45, 7) is 7.50. The predicted molar refractivity (Wildman–Crippen MR) is 91.0 cm³/mol. The molecule has 2 atom stereocenters. The van der Waals surface area contributed by atoms with Crippen LogP contribution in [0.4, 0.5) is 0 Å². The molecule has 0 amide bonds. The molecule has 0 radical (unpaired) electrons. The van der Waals surface area contributed by atoms with Crippen molar-refractivity contribution in [2.24, 2.45) is 0 Å².